The van der Waals surface area contributed by atoms with Crippen molar-refractivity contribution >= 4 is 0 Å². The minimum absolute atomic E-state index is 0.180. The van der Waals surface area contributed by atoms with Crippen LogP contribution in [0.4, 0.5) is 0 Å². The Labute approximate surface area is 125 Å². The summed E-state index contributed by atoms with van der Waals surface area (Å²) in [4.78, 5) is 19.2. The number of nitrogens with one attached hydrogen (secondary N) is 1. The minimum atomic E-state index is -0.511. The average molecular weight is 298 g/mol. The minimum Gasteiger partial charge on any atom is -0.463 e. The molecule has 3 heterocycles. The first-order chi connectivity index (χ1) is 10.7. The van der Waals surface area contributed by atoms with Crippen LogP contribution in [-0.2, 0) is 5.54 Å². The van der Waals surface area contributed by atoms with Crippen molar-refractivity contribution < 1.29 is 8.94 Å². The second kappa shape index (κ2) is 4.67. The molecule has 0 aliphatic heterocycles. The second-order valence-electron chi connectivity index (χ2n) is 5.52. The first kappa shape index (κ1) is 13.0. The Morgan fingerprint density at radius 2 is 2.14 bits per heavy atom. The van der Waals surface area contributed by atoms with Crippen LogP contribution < -0.4 is 11.3 Å². The molecule has 0 atom stereocenters. The lowest BCUT2D eigenvalue weighted by atomic mass is 9.77. The van der Waals surface area contributed by atoms with Gasteiger partial charge in [0.25, 0.3) is 11.4 Å². The first-order valence-corrected chi connectivity index (χ1v) is 7.06. The summed E-state index contributed by atoms with van der Waals surface area (Å²) < 4.78 is 10.5. The van der Waals surface area contributed by atoms with Crippen molar-refractivity contribution in [3.05, 3.63) is 46.7 Å². The Bertz CT molecular complexity index is 859. The number of hydrogen-bond acceptors (Lipinski definition) is 6. The Hall–Kier alpha value is -2.67. The van der Waals surface area contributed by atoms with Crippen LogP contribution in [-0.4, -0.2) is 15.1 Å². The van der Waals surface area contributed by atoms with Gasteiger partial charge >= 0.3 is 0 Å². The van der Waals surface area contributed by atoms with Gasteiger partial charge in [-0.3, -0.25) is 4.79 Å². The van der Waals surface area contributed by atoms with Crippen molar-refractivity contribution in [1.29, 1.82) is 0 Å². The van der Waals surface area contributed by atoms with Crippen LogP contribution in [0, 0.1) is 0 Å². The maximum atomic E-state index is 12.2. The van der Waals surface area contributed by atoms with Crippen molar-refractivity contribution in [2.45, 2.75) is 24.8 Å². The maximum Gasteiger partial charge on any atom is 0.263 e. The average Bonchev–Trinajstić information content (AvgIpc) is 3.16. The van der Waals surface area contributed by atoms with E-state index in [0.29, 0.717) is 22.8 Å². The van der Waals surface area contributed by atoms with Crippen LogP contribution in [0.3, 0.4) is 0 Å². The molecule has 1 fully saturated rings. The van der Waals surface area contributed by atoms with Crippen LogP contribution in [0.5, 0.6) is 0 Å². The fourth-order valence-electron chi connectivity index (χ4n) is 2.53. The van der Waals surface area contributed by atoms with E-state index in [2.05, 4.69) is 15.1 Å². The molecule has 0 unspecified atom stereocenters. The van der Waals surface area contributed by atoms with Gasteiger partial charge in [-0.1, -0.05) is 5.16 Å². The summed E-state index contributed by atoms with van der Waals surface area (Å²) in [6.45, 7) is 0. The van der Waals surface area contributed by atoms with Gasteiger partial charge in [0.1, 0.15) is 11.3 Å². The Morgan fingerprint density at radius 3 is 2.77 bits per heavy atom. The summed E-state index contributed by atoms with van der Waals surface area (Å²) in [5, 5.41) is 3.92. The number of nitrogens with two attached hydrogens (primary N) is 1. The lowest BCUT2D eigenvalue weighted by Gasteiger charge is -2.34. The third-order valence-corrected chi connectivity index (χ3v) is 4.04. The summed E-state index contributed by atoms with van der Waals surface area (Å²) in [6, 6.07) is 6.90. The first-order valence-electron chi connectivity index (χ1n) is 7.06. The predicted molar refractivity (Wildman–Crippen MR) is 77.8 cm³/mol. The summed E-state index contributed by atoms with van der Waals surface area (Å²) in [5.41, 5.74) is 6.24. The third kappa shape index (κ3) is 1.98. The van der Waals surface area contributed by atoms with Crippen LogP contribution >= 0.6 is 0 Å². The fourth-order valence-corrected chi connectivity index (χ4v) is 2.53. The highest BCUT2D eigenvalue weighted by Crippen LogP contribution is 2.37. The zero-order chi connectivity index (χ0) is 15.2. The third-order valence-electron chi connectivity index (χ3n) is 4.04. The second-order valence-corrected chi connectivity index (χ2v) is 5.52. The van der Waals surface area contributed by atoms with Gasteiger partial charge in [-0.2, -0.15) is 4.98 Å². The number of nitrogens with zero attached hydrogens (tertiary/aromatic N) is 2. The van der Waals surface area contributed by atoms with E-state index >= 15 is 0 Å². The number of rotatable bonds is 3. The van der Waals surface area contributed by atoms with Crippen LogP contribution in [0.25, 0.3) is 22.9 Å². The zero-order valence-electron chi connectivity index (χ0n) is 11.7. The molecule has 7 heteroatoms. The number of aromatic nitrogens is 3. The molecule has 7 nitrogen and oxygen atoms in total. The molecule has 112 valence electrons. The van der Waals surface area contributed by atoms with E-state index in [1.54, 1.807) is 30.5 Å². The number of H-pyrrole nitrogens is 1. The highest BCUT2D eigenvalue weighted by Gasteiger charge is 2.39. The normalized spacial score (nSPS) is 16.4. The highest BCUT2D eigenvalue weighted by atomic mass is 16.5. The SMILES string of the molecule is NC1(c2noc(-c3ccc(-c4ccco4)[nH]c3=O)n2)CCC1. The van der Waals surface area contributed by atoms with Crippen molar-refractivity contribution in [3.63, 3.8) is 0 Å². The Balaban J connectivity index is 1.70. The quantitative estimate of drug-likeness (QED) is 0.765. The van der Waals surface area contributed by atoms with Gasteiger partial charge in [-0.25, -0.2) is 0 Å². The summed E-state index contributed by atoms with van der Waals surface area (Å²) >= 11 is 0. The molecule has 3 aromatic rings. The monoisotopic (exact) mass is 298 g/mol. The van der Waals surface area contributed by atoms with Gasteiger partial charge in [0.2, 0.25) is 0 Å². The predicted octanol–water partition coefficient (Wildman–Crippen LogP) is 2.02. The van der Waals surface area contributed by atoms with E-state index in [9.17, 15) is 4.79 Å². The lowest BCUT2D eigenvalue weighted by molar-refractivity contribution is 0.229. The van der Waals surface area contributed by atoms with Crippen molar-refractivity contribution in [3.8, 4) is 22.9 Å². The molecule has 0 aromatic carbocycles. The number of pyridine rings is 1. The number of hydrogen-bond donors (Lipinski definition) is 2. The van der Waals surface area contributed by atoms with Crippen LogP contribution in [0.15, 0.2) is 44.3 Å². The van der Waals surface area contributed by atoms with E-state index in [4.69, 9.17) is 14.7 Å². The van der Waals surface area contributed by atoms with E-state index in [-0.39, 0.29) is 11.4 Å². The summed E-state index contributed by atoms with van der Waals surface area (Å²) in [5.74, 6) is 1.23. The molecule has 0 radical (unpaired) electrons. The summed E-state index contributed by atoms with van der Waals surface area (Å²) in [6.07, 6.45) is 4.27. The zero-order valence-corrected chi connectivity index (χ0v) is 11.7. The van der Waals surface area contributed by atoms with Gasteiger partial charge < -0.3 is 19.7 Å². The van der Waals surface area contributed by atoms with Crippen molar-refractivity contribution in [2.24, 2.45) is 5.73 Å². The number of furan rings is 1. The van der Waals surface area contributed by atoms with E-state index in [1.807, 2.05) is 0 Å². The molecule has 0 spiro atoms. The summed E-state index contributed by atoms with van der Waals surface area (Å²) in [7, 11) is 0. The lowest BCUT2D eigenvalue weighted by Crippen LogP contribution is -2.44. The van der Waals surface area contributed by atoms with E-state index < -0.39 is 5.54 Å². The maximum absolute atomic E-state index is 12.2. The highest BCUT2D eigenvalue weighted by molar-refractivity contribution is 5.58. The van der Waals surface area contributed by atoms with E-state index in [1.165, 1.54) is 0 Å². The molecular formula is C15H14N4O3. The molecule has 0 amide bonds. The molecular weight excluding hydrogens is 284 g/mol. The fraction of sp³-hybridized carbons (Fsp3) is 0.267. The standard InChI is InChI=1S/C15H14N4O3/c16-15(6-2-7-15)14-18-13(22-19-14)9-4-5-10(17-12(9)20)11-3-1-8-21-11/h1,3-5,8H,2,6-7,16H2,(H,17,20). The molecule has 3 N–H and O–H groups in total. The molecule has 0 bridgehead atoms. The van der Waals surface area contributed by atoms with E-state index in [0.717, 1.165) is 19.3 Å². The van der Waals surface area contributed by atoms with Crippen molar-refractivity contribution in [2.75, 3.05) is 0 Å². The molecule has 22 heavy (non-hydrogen) atoms. The van der Waals surface area contributed by atoms with Crippen LogP contribution in [0.2, 0.25) is 0 Å². The van der Waals surface area contributed by atoms with Crippen LogP contribution in [0.1, 0.15) is 25.1 Å². The number of aromatic amines is 1. The van der Waals surface area contributed by atoms with Gasteiger partial charge in [0.15, 0.2) is 5.82 Å². The smallest absolute Gasteiger partial charge is 0.263 e. The molecule has 1 saturated carbocycles. The van der Waals surface area contributed by atoms with Gasteiger partial charge in [-0.05, 0) is 43.5 Å². The molecule has 4 rings (SSSR count). The Kier molecular flexibility index (Phi) is 2.77. The van der Waals surface area contributed by atoms with Gasteiger partial charge in [0, 0.05) is 0 Å². The molecule has 3 aromatic heterocycles. The van der Waals surface area contributed by atoms with Gasteiger partial charge in [0.05, 0.1) is 17.5 Å². The Morgan fingerprint density at radius 1 is 1.27 bits per heavy atom. The van der Waals surface area contributed by atoms with Gasteiger partial charge in [-0.15, -0.1) is 0 Å². The largest absolute Gasteiger partial charge is 0.463 e. The van der Waals surface area contributed by atoms with Crippen molar-refractivity contribution in [1.82, 2.24) is 15.1 Å². The topological polar surface area (TPSA) is 111 Å². The molecule has 0 saturated heterocycles. The molecule has 1 aliphatic carbocycles. The molecule has 1 aliphatic rings.